The number of aromatic nitrogens is 1. The van der Waals surface area contributed by atoms with Crippen LogP contribution >= 0.6 is 0 Å². The van der Waals surface area contributed by atoms with E-state index in [1.54, 1.807) is 0 Å². The molecule has 0 saturated carbocycles. The molecule has 0 radical (unpaired) electrons. The molecule has 1 aromatic carbocycles. The normalized spacial score (nSPS) is 22.7. The summed E-state index contributed by atoms with van der Waals surface area (Å²) in [6.07, 6.45) is 5.47. The lowest BCUT2D eigenvalue weighted by atomic mass is 9.81. The zero-order valence-electron chi connectivity index (χ0n) is 14.5. The van der Waals surface area contributed by atoms with Gasteiger partial charge in [0, 0.05) is 10.9 Å². The van der Waals surface area contributed by atoms with Gasteiger partial charge >= 0.3 is 0 Å². The predicted octanol–water partition coefficient (Wildman–Crippen LogP) is 5.34. The van der Waals surface area contributed by atoms with Crippen molar-refractivity contribution >= 4 is 10.9 Å². The molecule has 0 fully saturated rings. The number of aromatic amines is 1. The summed E-state index contributed by atoms with van der Waals surface area (Å²) < 4.78 is 6.39. The lowest BCUT2D eigenvalue weighted by Gasteiger charge is -2.38. The standard InChI is InChI=1S/C20H29NO/c1-5-14(4)13-20(7-3)19-17(11-12-22-20)16-10-8-9-15(6-2)18(16)21-19/h8-10,14,21H,5-7,11-13H2,1-4H3. The summed E-state index contributed by atoms with van der Waals surface area (Å²) in [6.45, 7) is 9.97. The molecule has 2 heterocycles. The molecule has 2 heteroatoms. The van der Waals surface area contributed by atoms with E-state index < -0.39 is 0 Å². The molecular weight excluding hydrogens is 270 g/mol. The van der Waals surface area contributed by atoms with E-state index in [1.165, 1.54) is 34.1 Å². The molecule has 22 heavy (non-hydrogen) atoms. The maximum absolute atomic E-state index is 6.39. The van der Waals surface area contributed by atoms with Crippen molar-refractivity contribution < 1.29 is 4.74 Å². The fourth-order valence-corrected chi connectivity index (χ4v) is 3.99. The van der Waals surface area contributed by atoms with E-state index in [2.05, 4.69) is 50.9 Å². The van der Waals surface area contributed by atoms with Crippen LogP contribution in [0.1, 0.15) is 63.8 Å². The van der Waals surface area contributed by atoms with E-state index in [4.69, 9.17) is 4.74 Å². The van der Waals surface area contributed by atoms with Crippen molar-refractivity contribution in [3.8, 4) is 0 Å². The molecule has 1 N–H and O–H groups in total. The van der Waals surface area contributed by atoms with E-state index in [1.807, 2.05) is 0 Å². The van der Waals surface area contributed by atoms with Crippen LogP contribution in [0.3, 0.4) is 0 Å². The third-order valence-corrected chi connectivity index (χ3v) is 5.54. The highest BCUT2D eigenvalue weighted by Crippen LogP contribution is 2.43. The average Bonchev–Trinajstić information content (AvgIpc) is 2.94. The Morgan fingerprint density at radius 1 is 1.27 bits per heavy atom. The van der Waals surface area contributed by atoms with Crippen LogP contribution in [-0.4, -0.2) is 11.6 Å². The molecule has 3 rings (SSSR count). The van der Waals surface area contributed by atoms with Crippen LogP contribution in [-0.2, 0) is 23.2 Å². The molecule has 0 spiro atoms. The highest BCUT2D eigenvalue weighted by molar-refractivity contribution is 5.88. The van der Waals surface area contributed by atoms with Crippen molar-refractivity contribution in [2.45, 2.75) is 65.4 Å². The highest BCUT2D eigenvalue weighted by atomic mass is 16.5. The van der Waals surface area contributed by atoms with Gasteiger partial charge in [-0.25, -0.2) is 0 Å². The van der Waals surface area contributed by atoms with Crippen molar-refractivity contribution in [1.29, 1.82) is 0 Å². The predicted molar refractivity (Wildman–Crippen MR) is 93.4 cm³/mol. The van der Waals surface area contributed by atoms with Gasteiger partial charge in [-0.05, 0) is 42.7 Å². The number of hydrogen-bond donors (Lipinski definition) is 1. The van der Waals surface area contributed by atoms with Gasteiger partial charge in [-0.15, -0.1) is 0 Å². The Balaban J connectivity index is 2.16. The van der Waals surface area contributed by atoms with E-state index in [0.717, 1.165) is 32.3 Å². The first-order valence-corrected chi connectivity index (χ1v) is 8.92. The molecule has 0 amide bonds. The first kappa shape index (κ1) is 15.6. The Kier molecular flexibility index (Phi) is 4.31. The Hall–Kier alpha value is -1.28. The van der Waals surface area contributed by atoms with E-state index in [9.17, 15) is 0 Å². The third-order valence-electron chi connectivity index (χ3n) is 5.54. The summed E-state index contributed by atoms with van der Waals surface area (Å²) in [5.74, 6) is 0.683. The van der Waals surface area contributed by atoms with Crippen molar-refractivity contribution in [2.75, 3.05) is 6.61 Å². The molecule has 2 aromatic rings. The van der Waals surface area contributed by atoms with E-state index >= 15 is 0 Å². The van der Waals surface area contributed by atoms with Gasteiger partial charge in [-0.3, -0.25) is 0 Å². The average molecular weight is 299 g/mol. The van der Waals surface area contributed by atoms with E-state index in [0.29, 0.717) is 5.92 Å². The lowest BCUT2D eigenvalue weighted by molar-refractivity contribution is -0.0808. The molecule has 2 nitrogen and oxygen atoms in total. The molecule has 1 aliphatic heterocycles. The minimum absolute atomic E-state index is 0.118. The van der Waals surface area contributed by atoms with E-state index in [-0.39, 0.29) is 5.60 Å². The quantitative estimate of drug-likeness (QED) is 0.791. The van der Waals surface area contributed by atoms with Gasteiger partial charge < -0.3 is 9.72 Å². The summed E-state index contributed by atoms with van der Waals surface area (Å²) in [4.78, 5) is 3.78. The Morgan fingerprint density at radius 3 is 2.77 bits per heavy atom. The number of rotatable bonds is 5. The highest BCUT2D eigenvalue weighted by Gasteiger charge is 2.39. The Bertz CT molecular complexity index is 657. The van der Waals surface area contributed by atoms with Crippen LogP contribution in [0.4, 0.5) is 0 Å². The van der Waals surface area contributed by atoms with Crippen LogP contribution in [0.25, 0.3) is 10.9 Å². The lowest BCUT2D eigenvalue weighted by Crippen LogP contribution is -2.36. The smallest absolute Gasteiger partial charge is 0.108 e. The van der Waals surface area contributed by atoms with Gasteiger partial charge in [-0.1, -0.05) is 52.3 Å². The number of H-pyrrole nitrogens is 1. The number of nitrogens with one attached hydrogen (secondary N) is 1. The summed E-state index contributed by atoms with van der Waals surface area (Å²) >= 11 is 0. The number of aryl methyl sites for hydroxylation is 1. The first-order chi connectivity index (χ1) is 10.6. The number of hydrogen-bond acceptors (Lipinski definition) is 1. The second-order valence-corrected chi connectivity index (χ2v) is 6.84. The molecule has 2 unspecified atom stereocenters. The van der Waals surface area contributed by atoms with Crippen molar-refractivity contribution in [3.63, 3.8) is 0 Å². The van der Waals surface area contributed by atoms with Crippen LogP contribution < -0.4 is 0 Å². The van der Waals surface area contributed by atoms with Gasteiger partial charge in [0.2, 0.25) is 0 Å². The van der Waals surface area contributed by atoms with Crippen molar-refractivity contribution in [2.24, 2.45) is 5.92 Å². The Morgan fingerprint density at radius 2 is 2.09 bits per heavy atom. The minimum Gasteiger partial charge on any atom is -0.368 e. The first-order valence-electron chi connectivity index (χ1n) is 8.92. The molecule has 120 valence electrons. The van der Waals surface area contributed by atoms with Gasteiger partial charge in [0.1, 0.15) is 5.60 Å². The third kappa shape index (κ3) is 2.38. The summed E-state index contributed by atoms with van der Waals surface area (Å²) in [5, 5.41) is 1.42. The largest absolute Gasteiger partial charge is 0.368 e. The van der Waals surface area contributed by atoms with Crippen LogP contribution in [0.2, 0.25) is 0 Å². The summed E-state index contributed by atoms with van der Waals surface area (Å²) in [7, 11) is 0. The number of benzene rings is 1. The summed E-state index contributed by atoms with van der Waals surface area (Å²) in [5.41, 5.74) is 5.50. The maximum atomic E-state index is 6.39. The number of para-hydroxylation sites is 1. The fraction of sp³-hybridized carbons (Fsp3) is 0.600. The SMILES string of the molecule is CCc1cccc2c3c([nH]c12)C(CC)(CC(C)CC)OCC3. The zero-order valence-corrected chi connectivity index (χ0v) is 14.5. The van der Waals surface area contributed by atoms with Gasteiger partial charge in [0.05, 0.1) is 12.3 Å². The molecule has 1 aliphatic rings. The zero-order chi connectivity index (χ0) is 15.7. The maximum Gasteiger partial charge on any atom is 0.108 e. The van der Waals surface area contributed by atoms with Gasteiger partial charge in [-0.2, -0.15) is 0 Å². The minimum atomic E-state index is -0.118. The van der Waals surface area contributed by atoms with Gasteiger partial charge in [0.15, 0.2) is 0 Å². The van der Waals surface area contributed by atoms with Crippen molar-refractivity contribution in [1.82, 2.24) is 4.98 Å². The molecule has 1 aromatic heterocycles. The number of ether oxygens (including phenoxy) is 1. The summed E-state index contributed by atoms with van der Waals surface area (Å²) in [6, 6.07) is 6.72. The second kappa shape index (κ2) is 6.08. The Labute approximate surface area is 134 Å². The number of fused-ring (bicyclic) bond motifs is 3. The molecular formula is C20H29NO. The molecule has 0 saturated heterocycles. The van der Waals surface area contributed by atoms with Crippen LogP contribution in [0.15, 0.2) is 18.2 Å². The van der Waals surface area contributed by atoms with Crippen LogP contribution in [0, 0.1) is 5.92 Å². The monoisotopic (exact) mass is 299 g/mol. The van der Waals surface area contributed by atoms with Gasteiger partial charge in [0.25, 0.3) is 0 Å². The topological polar surface area (TPSA) is 25.0 Å². The fourth-order valence-electron chi connectivity index (χ4n) is 3.99. The molecule has 2 atom stereocenters. The van der Waals surface area contributed by atoms with Crippen LogP contribution in [0.5, 0.6) is 0 Å². The molecule has 0 bridgehead atoms. The van der Waals surface area contributed by atoms with Crippen molar-refractivity contribution in [3.05, 3.63) is 35.0 Å². The second-order valence-electron chi connectivity index (χ2n) is 6.84. The molecule has 0 aliphatic carbocycles.